The molecule has 0 saturated carbocycles. The summed E-state index contributed by atoms with van der Waals surface area (Å²) in [6.45, 7) is 1.85. The quantitative estimate of drug-likeness (QED) is 0.728. The van der Waals surface area contributed by atoms with Gasteiger partial charge in [0, 0.05) is 5.69 Å². The van der Waals surface area contributed by atoms with Gasteiger partial charge < -0.3 is 10.1 Å². The SMILES string of the molecule is COc1ccc(NC(=O)NNS(=O)(=O)c2ccc(C)cc2)cc1. The zero-order valence-corrected chi connectivity index (χ0v) is 13.5. The number of hydrogen-bond acceptors (Lipinski definition) is 4. The second-order valence-electron chi connectivity index (χ2n) is 4.73. The van der Waals surface area contributed by atoms with Crippen molar-refractivity contribution in [3.63, 3.8) is 0 Å². The standard InChI is InChI=1S/C15H17N3O4S/c1-11-3-9-14(10-4-11)23(20,21)18-17-15(19)16-12-5-7-13(22-2)8-6-12/h3-10,18H,1-2H3,(H2,16,17,19). The summed E-state index contributed by atoms with van der Waals surface area (Å²) >= 11 is 0. The van der Waals surface area contributed by atoms with Crippen molar-refractivity contribution in [1.29, 1.82) is 0 Å². The van der Waals surface area contributed by atoms with E-state index in [0.717, 1.165) is 5.56 Å². The lowest BCUT2D eigenvalue weighted by Crippen LogP contribution is -2.43. The van der Waals surface area contributed by atoms with Crippen LogP contribution in [0, 0.1) is 6.92 Å². The molecule has 2 rings (SSSR count). The van der Waals surface area contributed by atoms with E-state index in [1.54, 1.807) is 36.4 Å². The molecule has 0 heterocycles. The fourth-order valence-corrected chi connectivity index (χ4v) is 2.57. The predicted octanol–water partition coefficient (Wildman–Crippen LogP) is 2.02. The van der Waals surface area contributed by atoms with E-state index in [-0.39, 0.29) is 4.90 Å². The molecule has 0 unspecified atom stereocenters. The van der Waals surface area contributed by atoms with Gasteiger partial charge in [-0.3, -0.25) is 5.43 Å². The van der Waals surface area contributed by atoms with E-state index in [0.29, 0.717) is 11.4 Å². The summed E-state index contributed by atoms with van der Waals surface area (Å²) in [6.07, 6.45) is 0. The summed E-state index contributed by atoms with van der Waals surface area (Å²) in [5, 5.41) is 2.49. The highest BCUT2D eigenvalue weighted by atomic mass is 32.2. The van der Waals surface area contributed by atoms with Gasteiger partial charge in [0.1, 0.15) is 5.75 Å². The average Bonchev–Trinajstić information content (AvgIpc) is 2.54. The molecule has 0 spiro atoms. The van der Waals surface area contributed by atoms with E-state index in [2.05, 4.69) is 10.7 Å². The van der Waals surface area contributed by atoms with Crippen LogP contribution in [0.15, 0.2) is 53.4 Å². The molecule has 0 aliphatic carbocycles. The Bertz CT molecular complexity index is 771. The Hall–Kier alpha value is -2.58. The molecule has 0 atom stereocenters. The summed E-state index contributed by atoms with van der Waals surface area (Å²) in [4.78, 5) is 13.8. The number of aryl methyl sites for hydroxylation is 1. The van der Waals surface area contributed by atoms with Gasteiger partial charge in [-0.05, 0) is 43.3 Å². The minimum atomic E-state index is -3.82. The van der Waals surface area contributed by atoms with Crippen molar-refractivity contribution < 1.29 is 17.9 Å². The van der Waals surface area contributed by atoms with Crippen LogP contribution in [-0.4, -0.2) is 21.6 Å². The van der Waals surface area contributed by atoms with Crippen LogP contribution in [-0.2, 0) is 10.0 Å². The maximum Gasteiger partial charge on any atom is 0.334 e. The van der Waals surface area contributed by atoms with Crippen LogP contribution in [0.2, 0.25) is 0 Å². The number of rotatable bonds is 5. The second-order valence-corrected chi connectivity index (χ2v) is 6.41. The van der Waals surface area contributed by atoms with Gasteiger partial charge in [0.15, 0.2) is 0 Å². The van der Waals surface area contributed by atoms with Crippen molar-refractivity contribution in [3.8, 4) is 5.75 Å². The van der Waals surface area contributed by atoms with Gasteiger partial charge in [0.25, 0.3) is 10.0 Å². The Kier molecular flexibility index (Phi) is 5.20. The third kappa shape index (κ3) is 4.70. The highest BCUT2D eigenvalue weighted by Gasteiger charge is 2.14. The van der Waals surface area contributed by atoms with Crippen molar-refractivity contribution in [2.24, 2.45) is 0 Å². The van der Waals surface area contributed by atoms with Gasteiger partial charge in [0.05, 0.1) is 12.0 Å². The number of carbonyl (C=O) groups is 1. The van der Waals surface area contributed by atoms with Crippen LogP contribution in [0.3, 0.4) is 0 Å². The number of hydrazine groups is 1. The van der Waals surface area contributed by atoms with Crippen LogP contribution in [0.4, 0.5) is 10.5 Å². The third-order valence-corrected chi connectivity index (χ3v) is 4.24. The lowest BCUT2D eigenvalue weighted by Gasteiger charge is -2.10. The fraction of sp³-hybridized carbons (Fsp3) is 0.133. The molecule has 2 amide bonds. The van der Waals surface area contributed by atoms with Crippen LogP contribution in [0.5, 0.6) is 5.75 Å². The van der Waals surface area contributed by atoms with Crippen LogP contribution < -0.4 is 20.3 Å². The lowest BCUT2D eigenvalue weighted by molar-refractivity contribution is 0.250. The first-order valence-corrected chi connectivity index (χ1v) is 8.18. The first-order valence-electron chi connectivity index (χ1n) is 6.70. The summed E-state index contributed by atoms with van der Waals surface area (Å²) < 4.78 is 29.0. The molecule has 2 aromatic carbocycles. The normalized spacial score (nSPS) is 10.9. The van der Waals surface area contributed by atoms with Crippen LogP contribution >= 0.6 is 0 Å². The molecule has 8 heteroatoms. The molecule has 0 fully saturated rings. The Morgan fingerprint density at radius 3 is 2.17 bits per heavy atom. The Morgan fingerprint density at radius 1 is 1.00 bits per heavy atom. The van der Waals surface area contributed by atoms with Gasteiger partial charge in [0.2, 0.25) is 0 Å². The molecular formula is C15H17N3O4S. The Morgan fingerprint density at radius 2 is 1.61 bits per heavy atom. The molecular weight excluding hydrogens is 318 g/mol. The van der Waals surface area contributed by atoms with Crippen molar-refractivity contribution in [2.75, 3.05) is 12.4 Å². The molecule has 122 valence electrons. The lowest BCUT2D eigenvalue weighted by atomic mass is 10.2. The number of urea groups is 1. The topological polar surface area (TPSA) is 96.5 Å². The number of nitrogens with one attached hydrogen (secondary N) is 3. The maximum absolute atomic E-state index is 12.0. The number of carbonyl (C=O) groups excluding carboxylic acids is 1. The second kappa shape index (κ2) is 7.12. The van der Waals surface area contributed by atoms with Crippen molar-refractivity contribution in [3.05, 3.63) is 54.1 Å². The molecule has 7 nitrogen and oxygen atoms in total. The first-order chi connectivity index (χ1) is 10.9. The molecule has 0 aromatic heterocycles. The monoisotopic (exact) mass is 335 g/mol. The number of ether oxygens (including phenoxy) is 1. The van der Waals surface area contributed by atoms with E-state index >= 15 is 0 Å². The largest absolute Gasteiger partial charge is 0.497 e. The number of anilines is 1. The zero-order chi connectivity index (χ0) is 16.9. The molecule has 2 aromatic rings. The van der Waals surface area contributed by atoms with Crippen molar-refractivity contribution >= 4 is 21.7 Å². The molecule has 0 saturated heterocycles. The third-order valence-electron chi connectivity index (χ3n) is 2.98. The summed E-state index contributed by atoms with van der Waals surface area (Å²) in [7, 11) is -2.28. The first kappa shape index (κ1) is 16.8. The summed E-state index contributed by atoms with van der Waals surface area (Å²) in [5.74, 6) is 0.649. The minimum absolute atomic E-state index is 0.0628. The molecule has 23 heavy (non-hydrogen) atoms. The van der Waals surface area contributed by atoms with Crippen LogP contribution in [0.1, 0.15) is 5.56 Å². The number of sulfonamides is 1. The zero-order valence-electron chi connectivity index (χ0n) is 12.7. The highest BCUT2D eigenvalue weighted by molar-refractivity contribution is 7.89. The van der Waals surface area contributed by atoms with Crippen molar-refractivity contribution in [1.82, 2.24) is 10.3 Å². The van der Waals surface area contributed by atoms with Crippen molar-refractivity contribution in [2.45, 2.75) is 11.8 Å². The Labute approximate surface area is 134 Å². The van der Waals surface area contributed by atoms with E-state index in [1.165, 1.54) is 19.2 Å². The maximum atomic E-state index is 12.0. The number of benzene rings is 2. The fourth-order valence-electron chi connectivity index (χ4n) is 1.73. The minimum Gasteiger partial charge on any atom is -0.497 e. The summed E-state index contributed by atoms with van der Waals surface area (Å²) in [5.41, 5.74) is 3.53. The average molecular weight is 335 g/mol. The number of methoxy groups -OCH3 is 1. The van der Waals surface area contributed by atoms with E-state index < -0.39 is 16.1 Å². The number of hydrogen-bond donors (Lipinski definition) is 3. The highest BCUT2D eigenvalue weighted by Crippen LogP contribution is 2.14. The van der Waals surface area contributed by atoms with Gasteiger partial charge >= 0.3 is 6.03 Å². The molecule has 0 radical (unpaired) electrons. The van der Waals surface area contributed by atoms with Gasteiger partial charge in [-0.1, -0.05) is 17.7 Å². The molecule has 0 bridgehead atoms. The smallest absolute Gasteiger partial charge is 0.334 e. The van der Waals surface area contributed by atoms with E-state index in [9.17, 15) is 13.2 Å². The Balaban J connectivity index is 1.93. The number of amides is 2. The predicted molar refractivity (Wildman–Crippen MR) is 86.6 cm³/mol. The van der Waals surface area contributed by atoms with E-state index in [4.69, 9.17) is 4.74 Å². The molecule has 0 aliphatic heterocycles. The van der Waals surface area contributed by atoms with Gasteiger partial charge in [-0.25, -0.2) is 13.2 Å². The van der Waals surface area contributed by atoms with E-state index in [1.807, 2.05) is 11.8 Å². The van der Waals surface area contributed by atoms with Gasteiger partial charge in [-0.15, -0.1) is 4.83 Å². The molecule has 3 N–H and O–H groups in total. The summed E-state index contributed by atoms with van der Waals surface area (Å²) in [6, 6.07) is 12.2. The van der Waals surface area contributed by atoms with Gasteiger partial charge in [-0.2, -0.15) is 0 Å². The van der Waals surface area contributed by atoms with Crippen LogP contribution in [0.25, 0.3) is 0 Å². The molecule has 0 aliphatic rings.